The number of ether oxygens (including phenoxy) is 1. The van der Waals surface area contributed by atoms with Crippen LogP contribution in [0.1, 0.15) is 24.5 Å². The molecule has 1 aromatic rings. The number of anilines is 1. The van der Waals surface area contributed by atoms with E-state index < -0.39 is 30.9 Å². The monoisotopic (exact) mass is 269 g/mol. The Kier molecular flexibility index (Phi) is 2.99. The smallest absolute Gasteiger partial charge is 0.168 e. The summed E-state index contributed by atoms with van der Waals surface area (Å²) in [6, 6.07) is 0. The van der Waals surface area contributed by atoms with E-state index in [-0.39, 0.29) is 6.42 Å². The fourth-order valence-electron chi connectivity index (χ4n) is 2.25. The van der Waals surface area contributed by atoms with E-state index in [1.54, 1.807) is 0 Å². The van der Waals surface area contributed by atoms with Crippen molar-refractivity contribution in [1.29, 1.82) is 0 Å². The highest BCUT2D eigenvalue weighted by Gasteiger charge is 2.39. The summed E-state index contributed by atoms with van der Waals surface area (Å²) < 4.78 is 6.74. The van der Waals surface area contributed by atoms with Crippen molar-refractivity contribution in [3.05, 3.63) is 12.0 Å². The number of hydrogen-bond acceptors (Lipinski definition) is 8. The maximum absolute atomic E-state index is 9.97. The zero-order chi connectivity index (χ0) is 13.6. The highest BCUT2D eigenvalue weighted by molar-refractivity contribution is 5.77. The molecule has 0 radical (unpaired) electrons. The van der Waals surface area contributed by atoms with Crippen LogP contribution in [0.25, 0.3) is 0 Å². The van der Waals surface area contributed by atoms with Gasteiger partial charge in [0.2, 0.25) is 0 Å². The van der Waals surface area contributed by atoms with Crippen LogP contribution in [0, 0.1) is 0 Å². The second-order valence-corrected chi connectivity index (χ2v) is 4.53. The van der Waals surface area contributed by atoms with Crippen LogP contribution in [-0.4, -0.2) is 49.7 Å². The molecule has 0 amide bonds. The molecule has 0 aromatic carbocycles. The SMILES string of the molecule is NC1N=CNc2c1ncn2C1OC(O)CC(O)C1O. The molecule has 3 heterocycles. The van der Waals surface area contributed by atoms with E-state index in [0.29, 0.717) is 11.5 Å². The number of nitrogens with one attached hydrogen (secondary N) is 1. The van der Waals surface area contributed by atoms with Crippen LogP contribution < -0.4 is 11.1 Å². The molecule has 19 heavy (non-hydrogen) atoms. The van der Waals surface area contributed by atoms with Crippen molar-refractivity contribution in [2.75, 3.05) is 5.32 Å². The summed E-state index contributed by atoms with van der Waals surface area (Å²) in [7, 11) is 0. The lowest BCUT2D eigenvalue weighted by molar-refractivity contribution is -0.255. The predicted octanol–water partition coefficient (Wildman–Crippen LogP) is -1.75. The van der Waals surface area contributed by atoms with E-state index in [1.165, 1.54) is 17.2 Å². The molecule has 0 bridgehead atoms. The highest BCUT2D eigenvalue weighted by Crippen LogP contribution is 2.33. The Labute approximate surface area is 108 Å². The van der Waals surface area contributed by atoms with Crippen LogP contribution in [-0.2, 0) is 4.74 Å². The number of aliphatic imine (C=N–C) groups is 1. The van der Waals surface area contributed by atoms with Gasteiger partial charge in [0.25, 0.3) is 0 Å². The van der Waals surface area contributed by atoms with Crippen LogP contribution in [0.2, 0.25) is 0 Å². The Morgan fingerprint density at radius 2 is 2.21 bits per heavy atom. The molecule has 1 fully saturated rings. The van der Waals surface area contributed by atoms with Crippen molar-refractivity contribution in [3.8, 4) is 0 Å². The second kappa shape index (κ2) is 4.54. The normalized spacial score (nSPS) is 37.8. The highest BCUT2D eigenvalue weighted by atomic mass is 16.6. The molecule has 1 saturated heterocycles. The molecule has 9 nitrogen and oxygen atoms in total. The van der Waals surface area contributed by atoms with Crippen LogP contribution in [0.4, 0.5) is 5.82 Å². The minimum absolute atomic E-state index is 0.0387. The van der Waals surface area contributed by atoms with Crippen LogP contribution in [0.3, 0.4) is 0 Å². The number of nitrogens with zero attached hydrogens (tertiary/aromatic N) is 3. The van der Waals surface area contributed by atoms with Gasteiger partial charge in [-0.25, -0.2) is 4.98 Å². The Hall–Kier alpha value is -1.52. The first-order chi connectivity index (χ1) is 9.08. The second-order valence-electron chi connectivity index (χ2n) is 4.53. The van der Waals surface area contributed by atoms with Gasteiger partial charge in [-0.1, -0.05) is 0 Å². The number of aliphatic hydroxyl groups is 3. The summed E-state index contributed by atoms with van der Waals surface area (Å²) in [6.07, 6.45) is -2.11. The first-order valence-corrected chi connectivity index (χ1v) is 5.88. The number of fused-ring (bicyclic) bond motifs is 1. The van der Waals surface area contributed by atoms with Crippen molar-refractivity contribution >= 4 is 12.2 Å². The summed E-state index contributed by atoms with van der Waals surface area (Å²) >= 11 is 0. The van der Waals surface area contributed by atoms with Crippen LogP contribution >= 0.6 is 0 Å². The van der Waals surface area contributed by atoms with Crippen molar-refractivity contribution in [1.82, 2.24) is 9.55 Å². The number of nitrogens with two attached hydrogens (primary N) is 1. The molecule has 3 rings (SSSR count). The summed E-state index contributed by atoms with van der Waals surface area (Å²) in [5, 5.41) is 32.0. The van der Waals surface area contributed by atoms with Crippen molar-refractivity contribution in [2.24, 2.45) is 10.7 Å². The molecule has 1 aromatic heterocycles. The third kappa shape index (κ3) is 2.01. The number of aliphatic hydroxyl groups excluding tert-OH is 3. The topological polar surface area (TPSA) is 138 Å². The van der Waals surface area contributed by atoms with Crippen molar-refractivity contribution in [2.45, 2.75) is 37.3 Å². The van der Waals surface area contributed by atoms with Gasteiger partial charge in [-0.3, -0.25) is 9.56 Å². The maximum atomic E-state index is 9.97. The lowest BCUT2D eigenvalue weighted by Crippen LogP contribution is -2.45. The number of aromatic nitrogens is 2. The maximum Gasteiger partial charge on any atom is 0.168 e. The van der Waals surface area contributed by atoms with E-state index in [0.717, 1.165) is 0 Å². The van der Waals surface area contributed by atoms with Crippen LogP contribution in [0.5, 0.6) is 0 Å². The standard InChI is InChI=1S/C10H15N5O4/c11-8-6-9(13-2-12-8)15(3-14-6)10-7(18)4(16)1-5(17)19-10/h2-5,7-8,10,16-18H,1,11H2,(H,12,13). The molecule has 9 heteroatoms. The average Bonchev–Trinajstić information content (AvgIpc) is 2.79. The Morgan fingerprint density at radius 3 is 3.00 bits per heavy atom. The molecule has 6 N–H and O–H groups in total. The first-order valence-electron chi connectivity index (χ1n) is 5.88. The summed E-state index contributed by atoms with van der Waals surface area (Å²) in [4.78, 5) is 8.05. The van der Waals surface area contributed by atoms with Gasteiger partial charge >= 0.3 is 0 Å². The number of imidazole rings is 1. The zero-order valence-corrected chi connectivity index (χ0v) is 9.92. The van der Waals surface area contributed by atoms with Gasteiger partial charge in [-0.15, -0.1) is 0 Å². The lowest BCUT2D eigenvalue weighted by Gasteiger charge is -2.36. The minimum atomic E-state index is -1.17. The average molecular weight is 269 g/mol. The molecule has 5 atom stereocenters. The van der Waals surface area contributed by atoms with E-state index >= 15 is 0 Å². The molecule has 2 aliphatic rings. The summed E-state index contributed by atoms with van der Waals surface area (Å²) in [5.41, 5.74) is 6.27. The van der Waals surface area contributed by atoms with Crippen molar-refractivity contribution < 1.29 is 20.1 Å². The third-order valence-corrected chi connectivity index (χ3v) is 3.24. The van der Waals surface area contributed by atoms with Gasteiger partial charge < -0.3 is 31.1 Å². The molecule has 0 spiro atoms. The Bertz CT molecular complexity index is 504. The van der Waals surface area contributed by atoms with Gasteiger partial charge in [0.05, 0.1) is 18.8 Å². The van der Waals surface area contributed by atoms with Gasteiger partial charge in [-0.2, -0.15) is 0 Å². The van der Waals surface area contributed by atoms with Crippen molar-refractivity contribution in [3.63, 3.8) is 0 Å². The van der Waals surface area contributed by atoms with E-state index in [4.69, 9.17) is 10.5 Å². The quantitative estimate of drug-likeness (QED) is 0.407. The summed E-state index contributed by atoms with van der Waals surface area (Å²) in [5.74, 6) is 0.521. The molecular formula is C10H15N5O4. The number of rotatable bonds is 1. The third-order valence-electron chi connectivity index (χ3n) is 3.24. The molecular weight excluding hydrogens is 254 g/mol. The Balaban J connectivity index is 1.94. The molecule has 2 aliphatic heterocycles. The first kappa shape index (κ1) is 12.5. The van der Waals surface area contributed by atoms with Gasteiger partial charge in [0, 0.05) is 6.42 Å². The molecule has 0 aliphatic carbocycles. The van der Waals surface area contributed by atoms with Gasteiger partial charge in [0.15, 0.2) is 12.5 Å². The molecule has 0 saturated carbocycles. The largest absolute Gasteiger partial charge is 0.390 e. The number of hydrogen-bond donors (Lipinski definition) is 5. The fourth-order valence-corrected chi connectivity index (χ4v) is 2.25. The Morgan fingerprint density at radius 1 is 1.42 bits per heavy atom. The minimum Gasteiger partial charge on any atom is -0.390 e. The van der Waals surface area contributed by atoms with Gasteiger partial charge in [-0.05, 0) is 0 Å². The van der Waals surface area contributed by atoms with E-state index in [9.17, 15) is 15.3 Å². The fraction of sp³-hybridized carbons (Fsp3) is 0.600. The van der Waals surface area contributed by atoms with Crippen LogP contribution in [0.15, 0.2) is 11.3 Å². The molecule has 104 valence electrons. The molecule has 5 unspecified atom stereocenters. The summed E-state index contributed by atoms with van der Waals surface area (Å²) in [6.45, 7) is 0. The lowest BCUT2D eigenvalue weighted by atomic mass is 10.1. The van der Waals surface area contributed by atoms with E-state index in [1.807, 2.05) is 0 Å². The predicted molar refractivity (Wildman–Crippen MR) is 64.0 cm³/mol. The zero-order valence-electron chi connectivity index (χ0n) is 9.92. The van der Waals surface area contributed by atoms with E-state index in [2.05, 4.69) is 15.3 Å². The van der Waals surface area contributed by atoms with Gasteiger partial charge in [0.1, 0.15) is 23.8 Å².